The van der Waals surface area contributed by atoms with Gasteiger partial charge in [0.05, 0.1) is 5.02 Å². The van der Waals surface area contributed by atoms with Crippen LogP contribution in [0.1, 0.15) is 35.9 Å². The van der Waals surface area contributed by atoms with Crippen molar-refractivity contribution in [2.75, 3.05) is 5.32 Å². The van der Waals surface area contributed by atoms with Crippen LogP contribution in [0.3, 0.4) is 0 Å². The van der Waals surface area contributed by atoms with Crippen molar-refractivity contribution in [3.8, 4) is 11.3 Å². The van der Waals surface area contributed by atoms with Crippen LogP contribution in [0, 0.1) is 0 Å². The minimum absolute atomic E-state index is 0.202. The molecule has 0 radical (unpaired) electrons. The molecule has 0 saturated heterocycles. The summed E-state index contributed by atoms with van der Waals surface area (Å²) in [6.07, 6.45) is 0. The van der Waals surface area contributed by atoms with Crippen LogP contribution in [0.2, 0.25) is 10.0 Å². The van der Waals surface area contributed by atoms with Gasteiger partial charge in [0, 0.05) is 20.7 Å². The van der Waals surface area contributed by atoms with Gasteiger partial charge >= 0.3 is 0 Å². The first-order chi connectivity index (χ1) is 12.3. The van der Waals surface area contributed by atoms with Crippen molar-refractivity contribution in [2.24, 2.45) is 0 Å². The van der Waals surface area contributed by atoms with Crippen molar-refractivity contribution in [3.05, 3.63) is 74.4 Å². The van der Waals surface area contributed by atoms with E-state index in [4.69, 9.17) is 27.6 Å². The van der Waals surface area contributed by atoms with Crippen molar-refractivity contribution in [3.63, 3.8) is 0 Å². The molecule has 3 rings (SSSR count). The highest BCUT2D eigenvalue weighted by Crippen LogP contribution is 2.32. The number of nitrogens with one attached hydrogen (secondary N) is 1. The van der Waals surface area contributed by atoms with Gasteiger partial charge in [0.2, 0.25) is 0 Å². The number of rotatable bonds is 4. The van der Waals surface area contributed by atoms with Crippen LogP contribution in [-0.4, -0.2) is 5.91 Å². The predicted molar refractivity (Wildman–Crippen MR) is 110 cm³/mol. The van der Waals surface area contributed by atoms with Gasteiger partial charge < -0.3 is 9.73 Å². The average molecular weight is 453 g/mol. The smallest absolute Gasteiger partial charge is 0.291 e. The zero-order valence-electron chi connectivity index (χ0n) is 14.1. The molecule has 0 aliphatic rings. The van der Waals surface area contributed by atoms with Gasteiger partial charge in [-0.25, -0.2) is 0 Å². The van der Waals surface area contributed by atoms with Crippen molar-refractivity contribution in [1.82, 2.24) is 0 Å². The molecule has 0 spiro atoms. The van der Waals surface area contributed by atoms with Gasteiger partial charge in [-0.15, -0.1) is 0 Å². The highest BCUT2D eigenvalue weighted by molar-refractivity contribution is 9.10. The molecule has 3 nitrogen and oxygen atoms in total. The molecule has 0 saturated carbocycles. The highest BCUT2D eigenvalue weighted by Gasteiger charge is 2.16. The van der Waals surface area contributed by atoms with E-state index in [2.05, 4.69) is 35.1 Å². The van der Waals surface area contributed by atoms with Gasteiger partial charge in [0.25, 0.3) is 5.91 Å². The number of amides is 1. The van der Waals surface area contributed by atoms with E-state index >= 15 is 0 Å². The lowest BCUT2D eigenvalue weighted by atomic mass is 10.0. The Bertz CT molecular complexity index is 966. The minimum atomic E-state index is -0.321. The van der Waals surface area contributed by atoms with Gasteiger partial charge in [-0.1, -0.05) is 53.0 Å². The van der Waals surface area contributed by atoms with Gasteiger partial charge in [-0.3, -0.25) is 4.79 Å². The van der Waals surface area contributed by atoms with E-state index in [1.807, 2.05) is 18.2 Å². The van der Waals surface area contributed by atoms with Crippen LogP contribution in [0.4, 0.5) is 5.69 Å². The largest absolute Gasteiger partial charge is 0.451 e. The maximum Gasteiger partial charge on any atom is 0.291 e. The molecule has 134 valence electrons. The van der Waals surface area contributed by atoms with Crippen LogP contribution in [-0.2, 0) is 0 Å². The molecule has 1 heterocycles. The van der Waals surface area contributed by atoms with E-state index < -0.39 is 0 Å². The Morgan fingerprint density at radius 3 is 2.58 bits per heavy atom. The standard InChI is InChI=1S/C20H16BrCl2NO2/c1-11(2)14-9-12(21)3-6-17(14)24-20(25)19-8-7-18(26-19)15-10-13(22)4-5-16(15)23/h3-11H,1-2H3,(H,24,25). The molecule has 0 bridgehead atoms. The minimum Gasteiger partial charge on any atom is -0.451 e. The zero-order chi connectivity index (χ0) is 18.8. The van der Waals surface area contributed by atoms with E-state index in [9.17, 15) is 4.79 Å². The lowest BCUT2D eigenvalue weighted by molar-refractivity contribution is 0.0997. The monoisotopic (exact) mass is 451 g/mol. The Morgan fingerprint density at radius 1 is 1.08 bits per heavy atom. The van der Waals surface area contributed by atoms with Gasteiger partial charge in [0.1, 0.15) is 5.76 Å². The maximum absolute atomic E-state index is 12.6. The molecule has 0 atom stereocenters. The summed E-state index contributed by atoms with van der Waals surface area (Å²) in [7, 11) is 0. The number of halogens is 3. The number of hydrogen-bond acceptors (Lipinski definition) is 2. The number of furan rings is 1. The van der Waals surface area contributed by atoms with Gasteiger partial charge in [-0.05, 0) is 60.0 Å². The predicted octanol–water partition coefficient (Wildman–Crippen LogP) is 7.39. The SMILES string of the molecule is CC(C)c1cc(Br)ccc1NC(=O)c1ccc(-c2cc(Cl)ccc2Cl)o1. The molecule has 1 N–H and O–H groups in total. The molecule has 1 aromatic heterocycles. The second kappa shape index (κ2) is 7.87. The fourth-order valence-electron chi connectivity index (χ4n) is 2.60. The molecule has 3 aromatic rings. The summed E-state index contributed by atoms with van der Waals surface area (Å²) in [4.78, 5) is 12.6. The highest BCUT2D eigenvalue weighted by atomic mass is 79.9. The molecule has 2 aromatic carbocycles. The van der Waals surface area contributed by atoms with Crippen LogP contribution < -0.4 is 5.32 Å². The third kappa shape index (κ3) is 4.14. The van der Waals surface area contributed by atoms with Crippen LogP contribution in [0.15, 0.2) is 57.4 Å². The Morgan fingerprint density at radius 2 is 1.85 bits per heavy atom. The summed E-state index contributed by atoms with van der Waals surface area (Å²) in [5, 5.41) is 3.96. The van der Waals surface area contributed by atoms with Gasteiger partial charge in [-0.2, -0.15) is 0 Å². The number of hydrogen-bond donors (Lipinski definition) is 1. The van der Waals surface area contributed by atoms with Crippen LogP contribution in [0.25, 0.3) is 11.3 Å². The molecular formula is C20H16BrCl2NO2. The molecule has 0 unspecified atom stereocenters. The Hall–Kier alpha value is -1.75. The summed E-state index contributed by atoms with van der Waals surface area (Å²) >= 11 is 15.7. The third-order valence-corrected chi connectivity index (χ3v) is 4.97. The molecule has 0 aliphatic heterocycles. The van der Waals surface area contributed by atoms with Crippen molar-refractivity contribution >= 4 is 50.7 Å². The molecule has 1 amide bonds. The fourth-order valence-corrected chi connectivity index (χ4v) is 3.36. The summed E-state index contributed by atoms with van der Waals surface area (Å²) in [6, 6.07) is 14.2. The number of carbonyl (C=O) groups excluding carboxylic acids is 1. The summed E-state index contributed by atoms with van der Waals surface area (Å²) in [5.41, 5.74) is 2.44. The lowest BCUT2D eigenvalue weighted by Gasteiger charge is -2.13. The van der Waals surface area contributed by atoms with Crippen LogP contribution >= 0.6 is 39.1 Å². The average Bonchev–Trinajstić information content (AvgIpc) is 3.08. The first-order valence-electron chi connectivity index (χ1n) is 8.01. The quantitative estimate of drug-likeness (QED) is 0.448. The second-order valence-electron chi connectivity index (χ2n) is 6.13. The Labute approximate surface area is 170 Å². The molecule has 26 heavy (non-hydrogen) atoms. The summed E-state index contributed by atoms with van der Waals surface area (Å²) in [6.45, 7) is 4.15. The molecule has 0 aliphatic carbocycles. The zero-order valence-corrected chi connectivity index (χ0v) is 17.2. The van der Waals surface area contributed by atoms with Crippen molar-refractivity contribution in [2.45, 2.75) is 19.8 Å². The summed E-state index contributed by atoms with van der Waals surface area (Å²) in [5.74, 6) is 0.634. The first-order valence-corrected chi connectivity index (χ1v) is 9.56. The summed E-state index contributed by atoms with van der Waals surface area (Å²) < 4.78 is 6.67. The van der Waals surface area contributed by atoms with Crippen LogP contribution in [0.5, 0.6) is 0 Å². The normalized spacial score (nSPS) is 11.0. The topological polar surface area (TPSA) is 42.2 Å². The van der Waals surface area contributed by atoms with Gasteiger partial charge in [0.15, 0.2) is 5.76 Å². The van der Waals surface area contributed by atoms with E-state index in [1.165, 1.54) is 0 Å². The van der Waals surface area contributed by atoms with E-state index in [-0.39, 0.29) is 17.6 Å². The maximum atomic E-state index is 12.6. The number of anilines is 1. The molecule has 6 heteroatoms. The Kier molecular flexibility index (Phi) is 5.76. The van der Waals surface area contributed by atoms with E-state index in [1.54, 1.807) is 30.3 Å². The van der Waals surface area contributed by atoms with Crippen molar-refractivity contribution < 1.29 is 9.21 Å². The molecular weight excluding hydrogens is 437 g/mol. The van der Waals surface area contributed by atoms with Crippen molar-refractivity contribution in [1.29, 1.82) is 0 Å². The van der Waals surface area contributed by atoms with E-state index in [0.717, 1.165) is 15.7 Å². The third-order valence-electron chi connectivity index (χ3n) is 3.91. The number of benzene rings is 2. The fraction of sp³-hybridized carbons (Fsp3) is 0.150. The lowest BCUT2D eigenvalue weighted by Crippen LogP contribution is -2.12. The second-order valence-corrected chi connectivity index (χ2v) is 7.89. The first kappa shape index (κ1) is 19.0. The van der Waals surface area contributed by atoms with E-state index in [0.29, 0.717) is 21.4 Å². The Balaban J connectivity index is 1.87. The number of carbonyl (C=O) groups is 1. The molecule has 0 fully saturated rings.